The van der Waals surface area contributed by atoms with Crippen LogP contribution in [0.15, 0.2) is 24.3 Å². The number of ether oxygens (including phenoxy) is 1. The average Bonchev–Trinajstić information content (AvgIpc) is 3.07. The number of Topliss-reactive ketones (excluding diaryl/α,β-unsaturated/α-hetero) is 1. The zero-order valence-corrected chi connectivity index (χ0v) is 11.4. The van der Waals surface area contributed by atoms with Crippen LogP contribution in [0.4, 0.5) is 0 Å². The summed E-state index contributed by atoms with van der Waals surface area (Å²) >= 11 is 0. The van der Waals surface area contributed by atoms with E-state index >= 15 is 0 Å². The molecule has 2 atom stereocenters. The minimum atomic E-state index is 0.167. The molecule has 102 valence electrons. The van der Waals surface area contributed by atoms with Crippen LogP contribution in [0.25, 0.3) is 0 Å². The van der Waals surface area contributed by atoms with Crippen molar-refractivity contribution in [3.05, 3.63) is 35.4 Å². The van der Waals surface area contributed by atoms with E-state index in [1.807, 2.05) is 0 Å². The number of hydrogen-bond acceptors (Lipinski definition) is 2. The van der Waals surface area contributed by atoms with Crippen molar-refractivity contribution >= 4 is 5.78 Å². The highest BCUT2D eigenvalue weighted by molar-refractivity contribution is 5.86. The zero-order valence-electron chi connectivity index (χ0n) is 11.4. The Morgan fingerprint density at radius 3 is 3.00 bits per heavy atom. The van der Waals surface area contributed by atoms with Crippen LogP contribution in [0.5, 0.6) is 0 Å². The fraction of sp³-hybridized carbons (Fsp3) is 0.588. The summed E-state index contributed by atoms with van der Waals surface area (Å²) in [4.78, 5) is 12.3. The van der Waals surface area contributed by atoms with Gasteiger partial charge in [0.2, 0.25) is 0 Å². The number of benzene rings is 1. The predicted molar refractivity (Wildman–Crippen MR) is 75.3 cm³/mol. The first kappa shape index (κ1) is 12.9. The second kappa shape index (κ2) is 5.87. The average molecular weight is 258 g/mol. The highest BCUT2D eigenvalue weighted by Gasteiger charge is 2.27. The molecule has 0 saturated carbocycles. The Kier molecular flexibility index (Phi) is 3.97. The Labute approximate surface area is 115 Å². The standard InChI is InChI=1S/C17H22O2/c18-17(9-3-6-14-7-4-12-19-14)16-11-10-13-5-1-2-8-15(13)16/h1-2,5,8,14,16H,3-4,6-7,9-12H2. The molecular weight excluding hydrogens is 236 g/mol. The van der Waals surface area contributed by atoms with Crippen LogP contribution in [-0.2, 0) is 16.0 Å². The lowest BCUT2D eigenvalue weighted by Crippen LogP contribution is -2.11. The van der Waals surface area contributed by atoms with Gasteiger partial charge in [-0.1, -0.05) is 24.3 Å². The molecule has 1 aromatic rings. The number of rotatable bonds is 5. The van der Waals surface area contributed by atoms with Gasteiger partial charge in [-0.2, -0.15) is 0 Å². The van der Waals surface area contributed by atoms with Gasteiger partial charge in [0.25, 0.3) is 0 Å². The van der Waals surface area contributed by atoms with Gasteiger partial charge in [0.05, 0.1) is 6.10 Å². The maximum absolute atomic E-state index is 12.3. The zero-order chi connectivity index (χ0) is 13.1. The molecule has 2 heteroatoms. The quantitative estimate of drug-likeness (QED) is 0.806. The molecular formula is C17H22O2. The van der Waals surface area contributed by atoms with Gasteiger partial charge in [-0.3, -0.25) is 4.79 Å². The van der Waals surface area contributed by atoms with Gasteiger partial charge < -0.3 is 4.74 Å². The summed E-state index contributed by atoms with van der Waals surface area (Å²) in [5.41, 5.74) is 2.66. The monoisotopic (exact) mass is 258 g/mol. The van der Waals surface area contributed by atoms with Gasteiger partial charge in [-0.15, -0.1) is 0 Å². The third-order valence-corrected chi connectivity index (χ3v) is 4.49. The van der Waals surface area contributed by atoms with E-state index in [0.717, 1.165) is 38.7 Å². The highest BCUT2D eigenvalue weighted by Crippen LogP contribution is 2.34. The Bertz CT molecular complexity index is 446. The maximum Gasteiger partial charge on any atom is 0.140 e. The number of fused-ring (bicyclic) bond motifs is 1. The molecule has 2 unspecified atom stereocenters. The lowest BCUT2D eigenvalue weighted by molar-refractivity contribution is -0.120. The number of ketones is 1. The molecule has 1 fully saturated rings. The van der Waals surface area contributed by atoms with E-state index in [2.05, 4.69) is 24.3 Å². The van der Waals surface area contributed by atoms with Crippen molar-refractivity contribution in [2.75, 3.05) is 6.61 Å². The summed E-state index contributed by atoms with van der Waals surface area (Å²) in [5.74, 6) is 0.601. The Balaban J connectivity index is 1.51. The molecule has 0 N–H and O–H groups in total. The minimum absolute atomic E-state index is 0.167. The molecule has 0 spiro atoms. The van der Waals surface area contributed by atoms with Crippen LogP contribution >= 0.6 is 0 Å². The third-order valence-electron chi connectivity index (χ3n) is 4.49. The highest BCUT2D eigenvalue weighted by atomic mass is 16.5. The molecule has 0 radical (unpaired) electrons. The van der Waals surface area contributed by atoms with Gasteiger partial charge in [-0.25, -0.2) is 0 Å². The van der Waals surface area contributed by atoms with Gasteiger partial charge in [0.15, 0.2) is 0 Å². The topological polar surface area (TPSA) is 26.3 Å². The third kappa shape index (κ3) is 2.89. The molecule has 0 bridgehead atoms. The van der Waals surface area contributed by atoms with Crippen LogP contribution in [0.3, 0.4) is 0 Å². The van der Waals surface area contributed by atoms with Crippen LogP contribution in [0.2, 0.25) is 0 Å². The molecule has 0 aromatic heterocycles. The number of carbonyl (C=O) groups excluding carboxylic acids is 1. The van der Waals surface area contributed by atoms with E-state index in [1.54, 1.807) is 0 Å². The predicted octanol–water partition coefficient (Wildman–Crippen LogP) is 3.63. The lowest BCUT2D eigenvalue weighted by atomic mass is 9.93. The van der Waals surface area contributed by atoms with Crippen molar-refractivity contribution in [3.63, 3.8) is 0 Å². The number of aryl methyl sites for hydroxylation is 1. The van der Waals surface area contributed by atoms with E-state index in [0.29, 0.717) is 11.9 Å². The van der Waals surface area contributed by atoms with Crippen LogP contribution in [0, 0.1) is 0 Å². The van der Waals surface area contributed by atoms with E-state index in [4.69, 9.17) is 4.74 Å². The van der Waals surface area contributed by atoms with Gasteiger partial charge in [0, 0.05) is 18.9 Å². The van der Waals surface area contributed by atoms with Gasteiger partial charge in [-0.05, 0) is 49.7 Å². The minimum Gasteiger partial charge on any atom is -0.378 e. The van der Waals surface area contributed by atoms with Crippen molar-refractivity contribution in [2.24, 2.45) is 0 Å². The van der Waals surface area contributed by atoms with Crippen LogP contribution < -0.4 is 0 Å². The summed E-state index contributed by atoms with van der Waals surface area (Å²) in [6.45, 7) is 0.911. The smallest absolute Gasteiger partial charge is 0.140 e. The summed E-state index contributed by atoms with van der Waals surface area (Å²) < 4.78 is 5.61. The maximum atomic E-state index is 12.3. The van der Waals surface area contributed by atoms with Crippen molar-refractivity contribution < 1.29 is 9.53 Å². The van der Waals surface area contributed by atoms with E-state index < -0.39 is 0 Å². The van der Waals surface area contributed by atoms with Crippen LogP contribution in [0.1, 0.15) is 55.6 Å². The van der Waals surface area contributed by atoms with Gasteiger partial charge in [0.1, 0.15) is 5.78 Å². The number of carbonyl (C=O) groups is 1. The molecule has 19 heavy (non-hydrogen) atoms. The summed E-state index contributed by atoms with van der Waals surface area (Å²) in [6.07, 6.45) is 7.63. The molecule has 1 saturated heterocycles. The van der Waals surface area contributed by atoms with Crippen molar-refractivity contribution in [3.8, 4) is 0 Å². The van der Waals surface area contributed by atoms with E-state index in [-0.39, 0.29) is 5.92 Å². The molecule has 1 aliphatic heterocycles. The van der Waals surface area contributed by atoms with Gasteiger partial charge >= 0.3 is 0 Å². The largest absolute Gasteiger partial charge is 0.378 e. The molecule has 2 nitrogen and oxygen atoms in total. The van der Waals surface area contributed by atoms with Crippen molar-refractivity contribution in [2.45, 2.75) is 57.0 Å². The van der Waals surface area contributed by atoms with E-state index in [9.17, 15) is 4.79 Å². The Hall–Kier alpha value is -1.15. The van der Waals surface area contributed by atoms with Crippen molar-refractivity contribution in [1.29, 1.82) is 0 Å². The molecule has 1 heterocycles. The SMILES string of the molecule is O=C(CCCC1CCCO1)C1CCc2ccccc21. The fourth-order valence-corrected chi connectivity index (χ4v) is 3.44. The molecule has 2 aliphatic rings. The molecule has 3 rings (SSSR count). The second-order valence-electron chi connectivity index (χ2n) is 5.78. The first-order valence-electron chi connectivity index (χ1n) is 7.57. The molecule has 0 amide bonds. The Morgan fingerprint density at radius 1 is 1.26 bits per heavy atom. The first-order valence-corrected chi connectivity index (χ1v) is 7.57. The Morgan fingerprint density at radius 2 is 2.16 bits per heavy atom. The van der Waals surface area contributed by atoms with Crippen molar-refractivity contribution in [1.82, 2.24) is 0 Å². The number of hydrogen-bond donors (Lipinski definition) is 0. The van der Waals surface area contributed by atoms with E-state index in [1.165, 1.54) is 24.0 Å². The lowest BCUT2D eigenvalue weighted by Gasteiger charge is -2.12. The normalized spacial score (nSPS) is 25.5. The second-order valence-corrected chi connectivity index (χ2v) is 5.78. The summed E-state index contributed by atoms with van der Waals surface area (Å²) in [7, 11) is 0. The molecule has 1 aromatic carbocycles. The fourth-order valence-electron chi connectivity index (χ4n) is 3.44. The van der Waals surface area contributed by atoms with Crippen LogP contribution in [-0.4, -0.2) is 18.5 Å². The molecule has 1 aliphatic carbocycles. The summed E-state index contributed by atoms with van der Waals surface area (Å²) in [5, 5.41) is 0. The summed E-state index contributed by atoms with van der Waals surface area (Å²) in [6, 6.07) is 8.42. The first-order chi connectivity index (χ1) is 9.34.